The predicted molar refractivity (Wildman–Crippen MR) is 173 cm³/mol. The first-order valence-corrected chi connectivity index (χ1v) is 14.7. The van der Waals surface area contributed by atoms with E-state index in [9.17, 15) is 14.7 Å². The summed E-state index contributed by atoms with van der Waals surface area (Å²) in [5.41, 5.74) is 4.24. The van der Waals surface area contributed by atoms with E-state index < -0.39 is 0 Å². The topological polar surface area (TPSA) is 115 Å². The highest BCUT2D eigenvalue weighted by atomic mass is 16.5. The zero-order valence-corrected chi connectivity index (χ0v) is 25.4. The molecule has 226 valence electrons. The molecule has 1 aliphatic rings. The minimum atomic E-state index is -0.337. The molecule has 0 aliphatic carbocycles. The van der Waals surface area contributed by atoms with Crippen LogP contribution < -0.4 is 21.3 Å². The molecule has 0 saturated carbocycles. The summed E-state index contributed by atoms with van der Waals surface area (Å²) >= 11 is 0. The minimum absolute atomic E-state index is 0.0621. The summed E-state index contributed by atoms with van der Waals surface area (Å²) in [6.07, 6.45) is 5.18. The molecule has 0 radical (unpaired) electrons. The number of nitrogens with one attached hydrogen (secondary N) is 1. The molecule has 44 heavy (non-hydrogen) atoms. The van der Waals surface area contributed by atoms with Gasteiger partial charge in [-0.2, -0.15) is 9.78 Å². The maximum atomic E-state index is 13.6. The average molecular weight is 593 g/mol. The number of aliphatic hydroxyl groups excluding tert-OH is 1. The molecule has 6 rings (SSSR count). The molecule has 5 aromatic rings. The molecule has 0 amide bonds. The predicted octanol–water partition coefficient (Wildman–Crippen LogP) is 4.52. The van der Waals surface area contributed by atoms with Crippen molar-refractivity contribution in [1.82, 2.24) is 19.3 Å². The summed E-state index contributed by atoms with van der Waals surface area (Å²) in [6.45, 7) is 9.03. The summed E-state index contributed by atoms with van der Waals surface area (Å²) in [6, 6.07) is 16.8. The van der Waals surface area contributed by atoms with Gasteiger partial charge < -0.3 is 24.6 Å². The van der Waals surface area contributed by atoms with Gasteiger partial charge in [-0.3, -0.25) is 9.59 Å². The molecular weight excluding hydrogens is 556 g/mol. The maximum absolute atomic E-state index is 13.6. The number of ether oxygens (including phenoxy) is 1. The summed E-state index contributed by atoms with van der Waals surface area (Å²) in [4.78, 5) is 33.5. The van der Waals surface area contributed by atoms with Gasteiger partial charge in [0, 0.05) is 42.8 Å². The van der Waals surface area contributed by atoms with Crippen molar-refractivity contribution in [2.75, 3.05) is 36.5 Å². The van der Waals surface area contributed by atoms with Crippen LogP contribution in [0.25, 0.3) is 27.6 Å². The van der Waals surface area contributed by atoms with Gasteiger partial charge in [-0.1, -0.05) is 39.0 Å². The van der Waals surface area contributed by atoms with Crippen molar-refractivity contribution in [3.8, 4) is 16.8 Å². The Kier molecular flexibility index (Phi) is 7.79. The van der Waals surface area contributed by atoms with Crippen LogP contribution in [0, 0.1) is 0 Å². The quantitative estimate of drug-likeness (QED) is 0.296. The molecule has 10 nitrogen and oxygen atoms in total. The number of benzene rings is 2. The molecule has 10 heteroatoms. The molecule has 0 bridgehead atoms. The van der Waals surface area contributed by atoms with E-state index in [2.05, 4.69) is 41.1 Å². The highest BCUT2D eigenvalue weighted by Gasteiger charge is 2.19. The molecule has 2 N–H and O–H groups in total. The minimum Gasteiger partial charge on any atom is -0.392 e. The van der Waals surface area contributed by atoms with Crippen LogP contribution in [-0.2, 0) is 23.8 Å². The van der Waals surface area contributed by atoms with Gasteiger partial charge in [-0.05, 0) is 52.9 Å². The lowest BCUT2D eigenvalue weighted by Crippen LogP contribution is -2.36. The number of aromatic nitrogens is 4. The fourth-order valence-electron chi connectivity index (χ4n) is 5.55. The molecule has 0 unspecified atom stereocenters. The van der Waals surface area contributed by atoms with Crippen molar-refractivity contribution in [3.05, 3.63) is 105 Å². The van der Waals surface area contributed by atoms with Crippen LogP contribution in [0.3, 0.4) is 0 Å². The van der Waals surface area contributed by atoms with Crippen molar-refractivity contribution in [1.29, 1.82) is 0 Å². The number of hydrogen-bond donors (Lipinski definition) is 2. The normalized spacial score (nSPS) is 13.8. The second kappa shape index (κ2) is 11.7. The Labute approximate surface area is 255 Å². The monoisotopic (exact) mass is 592 g/mol. The molecule has 2 aromatic carbocycles. The fourth-order valence-corrected chi connectivity index (χ4v) is 5.55. The van der Waals surface area contributed by atoms with Crippen molar-refractivity contribution < 1.29 is 9.84 Å². The lowest BCUT2D eigenvalue weighted by Gasteiger charge is -2.28. The fraction of sp³-hybridized carbons (Fsp3) is 0.294. The SMILES string of the molecule is Cn1cc(-c2cccc(-n3ncc4cc(C(C)(C)C)ccc4c3=O)c2CO)cc(Nc2ccc(N3CCOCC3)cn2)c1=O. The van der Waals surface area contributed by atoms with Gasteiger partial charge in [0.05, 0.1) is 49.0 Å². The Morgan fingerprint density at radius 2 is 1.77 bits per heavy atom. The van der Waals surface area contributed by atoms with Gasteiger partial charge in [-0.25, -0.2) is 4.98 Å². The van der Waals surface area contributed by atoms with Gasteiger partial charge in [0.1, 0.15) is 11.5 Å². The van der Waals surface area contributed by atoms with E-state index in [1.54, 1.807) is 37.8 Å². The molecule has 0 spiro atoms. The zero-order valence-electron chi connectivity index (χ0n) is 25.4. The second-order valence-corrected chi connectivity index (χ2v) is 12.1. The van der Waals surface area contributed by atoms with Gasteiger partial charge in [0.2, 0.25) is 0 Å². The zero-order chi connectivity index (χ0) is 31.0. The Morgan fingerprint density at radius 1 is 0.977 bits per heavy atom. The van der Waals surface area contributed by atoms with Gasteiger partial charge >= 0.3 is 0 Å². The van der Waals surface area contributed by atoms with Gasteiger partial charge in [0.25, 0.3) is 11.1 Å². The van der Waals surface area contributed by atoms with E-state index in [-0.39, 0.29) is 23.1 Å². The van der Waals surface area contributed by atoms with E-state index in [0.717, 1.165) is 29.7 Å². The first-order valence-electron chi connectivity index (χ1n) is 14.7. The Hall–Kier alpha value is -4.80. The molecule has 1 fully saturated rings. The van der Waals surface area contributed by atoms with Crippen molar-refractivity contribution in [2.45, 2.75) is 32.8 Å². The summed E-state index contributed by atoms with van der Waals surface area (Å²) < 4.78 is 8.25. The first-order chi connectivity index (χ1) is 21.1. The van der Waals surface area contributed by atoms with Crippen LogP contribution in [-0.4, -0.2) is 50.7 Å². The smallest absolute Gasteiger partial charge is 0.279 e. The third kappa shape index (κ3) is 5.61. The highest BCUT2D eigenvalue weighted by molar-refractivity contribution is 5.82. The van der Waals surface area contributed by atoms with Gasteiger partial charge in [-0.15, -0.1) is 0 Å². The molecule has 1 aliphatic heterocycles. The number of rotatable bonds is 6. The van der Waals surface area contributed by atoms with Crippen LogP contribution in [0.15, 0.2) is 82.8 Å². The molecular formula is C34H36N6O4. The van der Waals surface area contributed by atoms with Crippen LogP contribution >= 0.6 is 0 Å². The highest BCUT2D eigenvalue weighted by Crippen LogP contribution is 2.30. The van der Waals surface area contributed by atoms with Gasteiger partial charge in [0.15, 0.2) is 0 Å². The van der Waals surface area contributed by atoms with E-state index in [1.807, 2.05) is 42.5 Å². The van der Waals surface area contributed by atoms with Crippen LogP contribution in [0.1, 0.15) is 31.9 Å². The lowest BCUT2D eigenvalue weighted by atomic mass is 9.86. The Balaban J connectivity index is 1.36. The van der Waals surface area contributed by atoms with Crippen molar-refractivity contribution in [2.24, 2.45) is 7.05 Å². The molecule has 1 saturated heterocycles. The largest absolute Gasteiger partial charge is 0.392 e. The summed E-state index contributed by atoms with van der Waals surface area (Å²) in [7, 11) is 1.68. The third-order valence-corrected chi connectivity index (χ3v) is 8.07. The summed E-state index contributed by atoms with van der Waals surface area (Å²) in [5, 5.41) is 19.5. The van der Waals surface area contributed by atoms with Crippen LogP contribution in [0.4, 0.5) is 17.2 Å². The number of hydrogen-bond acceptors (Lipinski definition) is 8. The van der Waals surface area contributed by atoms with Crippen LogP contribution in [0.5, 0.6) is 0 Å². The number of fused-ring (bicyclic) bond motifs is 1. The number of nitrogens with zero attached hydrogens (tertiary/aromatic N) is 5. The number of aliphatic hydroxyl groups is 1. The van der Waals surface area contributed by atoms with E-state index >= 15 is 0 Å². The first kappa shape index (κ1) is 29.3. The number of anilines is 3. The Morgan fingerprint density at radius 3 is 2.48 bits per heavy atom. The number of pyridine rings is 2. The lowest BCUT2D eigenvalue weighted by molar-refractivity contribution is 0.122. The molecule has 0 atom stereocenters. The Bertz CT molecular complexity index is 1950. The standard InChI is InChI=1S/C34H36N6O4/c1-34(2,3)24-8-10-27-22(16-24)18-36-40(32(27)42)30-7-5-6-26(28(30)21-41)23-17-29(33(43)38(4)20-23)37-31-11-9-25(19-35-31)39-12-14-44-15-13-39/h5-11,16-20,41H,12-15,21H2,1-4H3,(H,35,37). The van der Waals surface area contributed by atoms with Crippen molar-refractivity contribution >= 4 is 28.0 Å². The third-order valence-electron chi connectivity index (χ3n) is 8.07. The number of morpholine rings is 1. The molecule has 3 aromatic heterocycles. The average Bonchev–Trinajstić information content (AvgIpc) is 3.03. The molecule has 4 heterocycles. The van der Waals surface area contributed by atoms with Crippen LogP contribution in [0.2, 0.25) is 0 Å². The van der Waals surface area contributed by atoms with E-state index in [0.29, 0.717) is 52.5 Å². The maximum Gasteiger partial charge on any atom is 0.279 e. The van der Waals surface area contributed by atoms with E-state index in [1.165, 1.54) is 9.25 Å². The second-order valence-electron chi connectivity index (χ2n) is 12.1. The van der Waals surface area contributed by atoms with Crippen molar-refractivity contribution in [3.63, 3.8) is 0 Å². The number of aryl methyl sites for hydroxylation is 1. The summed E-state index contributed by atoms with van der Waals surface area (Å²) in [5.74, 6) is 0.536. The van der Waals surface area contributed by atoms with E-state index in [4.69, 9.17) is 4.74 Å².